The van der Waals surface area contributed by atoms with Gasteiger partial charge in [0, 0.05) is 5.02 Å². The van der Waals surface area contributed by atoms with Crippen LogP contribution in [0.1, 0.15) is 19.8 Å². The standard InChI is InChI=1S/C13H16ClN5O/c1-2-3-10(15)13(20)18-11-6-9(14)4-5-12(11)19-8-16-7-17-19/h4-8,10H,2-3,15H2,1H3,(H,18,20)/t10-/m1/s1. The summed E-state index contributed by atoms with van der Waals surface area (Å²) in [6.07, 6.45) is 4.44. The highest BCUT2D eigenvalue weighted by atomic mass is 35.5. The van der Waals surface area contributed by atoms with Crippen LogP contribution in [0, 0.1) is 0 Å². The second-order valence-electron chi connectivity index (χ2n) is 4.39. The van der Waals surface area contributed by atoms with Crippen molar-refractivity contribution in [2.75, 3.05) is 5.32 Å². The smallest absolute Gasteiger partial charge is 0.241 e. The zero-order valence-electron chi connectivity index (χ0n) is 11.1. The van der Waals surface area contributed by atoms with Gasteiger partial charge in [-0.25, -0.2) is 9.67 Å². The molecule has 0 aliphatic rings. The van der Waals surface area contributed by atoms with Gasteiger partial charge in [0.2, 0.25) is 5.91 Å². The molecule has 2 aromatic rings. The van der Waals surface area contributed by atoms with E-state index < -0.39 is 6.04 Å². The highest BCUT2D eigenvalue weighted by Gasteiger charge is 2.15. The van der Waals surface area contributed by atoms with Gasteiger partial charge in [-0.05, 0) is 24.6 Å². The normalized spacial score (nSPS) is 12.2. The highest BCUT2D eigenvalue weighted by molar-refractivity contribution is 6.31. The van der Waals surface area contributed by atoms with E-state index in [0.717, 1.165) is 6.42 Å². The molecule has 1 amide bonds. The number of aromatic nitrogens is 3. The summed E-state index contributed by atoms with van der Waals surface area (Å²) >= 11 is 5.97. The minimum Gasteiger partial charge on any atom is -0.323 e. The zero-order valence-corrected chi connectivity index (χ0v) is 11.8. The van der Waals surface area contributed by atoms with Gasteiger partial charge in [-0.3, -0.25) is 4.79 Å². The summed E-state index contributed by atoms with van der Waals surface area (Å²) in [6.45, 7) is 1.98. The number of carbonyl (C=O) groups is 1. The van der Waals surface area contributed by atoms with Gasteiger partial charge in [0.25, 0.3) is 0 Å². The molecule has 0 unspecified atom stereocenters. The van der Waals surface area contributed by atoms with Crippen LogP contribution in [0.5, 0.6) is 0 Å². The molecule has 20 heavy (non-hydrogen) atoms. The maximum atomic E-state index is 12.0. The van der Waals surface area contributed by atoms with Gasteiger partial charge >= 0.3 is 0 Å². The predicted octanol–water partition coefficient (Wildman–Crippen LogP) is 1.99. The maximum Gasteiger partial charge on any atom is 0.241 e. The Bertz CT molecular complexity index is 584. The van der Waals surface area contributed by atoms with Crippen molar-refractivity contribution < 1.29 is 4.79 Å². The van der Waals surface area contributed by atoms with Gasteiger partial charge in [0.1, 0.15) is 12.7 Å². The number of nitrogens with two attached hydrogens (primary N) is 1. The highest BCUT2D eigenvalue weighted by Crippen LogP contribution is 2.24. The Kier molecular flexibility index (Phi) is 4.70. The van der Waals surface area contributed by atoms with Crippen molar-refractivity contribution in [3.8, 4) is 5.69 Å². The fourth-order valence-corrected chi connectivity index (χ4v) is 1.98. The van der Waals surface area contributed by atoms with Crippen LogP contribution in [0.3, 0.4) is 0 Å². The Morgan fingerprint density at radius 3 is 3.00 bits per heavy atom. The third-order valence-corrected chi connectivity index (χ3v) is 3.05. The molecular formula is C13H16ClN5O. The van der Waals surface area contributed by atoms with E-state index in [1.54, 1.807) is 29.2 Å². The summed E-state index contributed by atoms with van der Waals surface area (Å²) in [5.74, 6) is -0.240. The monoisotopic (exact) mass is 293 g/mol. The number of hydrogen-bond donors (Lipinski definition) is 2. The Labute approximate surface area is 121 Å². The van der Waals surface area contributed by atoms with E-state index in [0.29, 0.717) is 22.8 Å². The Morgan fingerprint density at radius 2 is 2.35 bits per heavy atom. The molecule has 0 spiro atoms. The van der Waals surface area contributed by atoms with Gasteiger partial charge < -0.3 is 11.1 Å². The van der Waals surface area contributed by atoms with Crippen LogP contribution in [0.2, 0.25) is 5.02 Å². The van der Waals surface area contributed by atoms with Crippen LogP contribution in [-0.2, 0) is 4.79 Å². The lowest BCUT2D eigenvalue weighted by Crippen LogP contribution is -2.35. The third kappa shape index (κ3) is 3.34. The Morgan fingerprint density at radius 1 is 1.55 bits per heavy atom. The average molecular weight is 294 g/mol. The number of nitrogens with one attached hydrogen (secondary N) is 1. The number of anilines is 1. The van der Waals surface area contributed by atoms with Crippen molar-refractivity contribution in [3.63, 3.8) is 0 Å². The van der Waals surface area contributed by atoms with E-state index in [9.17, 15) is 4.79 Å². The molecule has 1 heterocycles. The molecule has 0 radical (unpaired) electrons. The van der Waals surface area contributed by atoms with E-state index in [1.807, 2.05) is 6.92 Å². The topological polar surface area (TPSA) is 85.8 Å². The number of carbonyl (C=O) groups excluding carboxylic acids is 1. The molecule has 0 saturated carbocycles. The van der Waals surface area contributed by atoms with E-state index in [2.05, 4.69) is 15.4 Å². The first-order valence-electron chi connectivity index (χ1n) is 6.32. The molecule has 1 aromatic heterocycles. The third-order valence-electron chi connectivity index (χ3n) is 2.82. The van der Waals surface area contributed by atoms with E-state index in [4.69, 9.17) is 17.3 Å². The summed E-state index contributed by atoms with van der Waals surface area (Å²) < 4.78 is 1.55. The molecule has 0 bridgehead atoms. The minimum absolute atomic E-state index is 0.240. The number of benzene rings is 1. The van der Waals surface area contributed by atoms with Crippen molar-refractivity contribution in [1.29, 1.82) is 0 Å². The van der Waals surface area contributed by atoms with Gasteiger partial charge in [0.05, 0.1) is 17.4 Å². The first-order chi connectivity index (χ1) is 9.61. The second kappa shape index (κ2) is 6.49. The quantitative estimate of drug-likeness (QED) is 0.882. The molecule has 106 valence electrons. The molecule has 6 nitrogen and oxygen atoms in total. The second-order valence-corrected chi connectivity index (χ2v) is 4.82. The van der Waals surface area contributed by atoms with Crippen molar-refractivity contribution >= 4 is 23.2 Å². The summed E-state index contributed by atoms with van der Waals surface area (Å²) in [5.41, 5.74) is 7.04. The van der Waals surface area contributed by atoms with Crippen LogP contribution in [-0.4, -0.2) is 26.7 Å². The SMILES string of the molecule is CCC[C@@H](N)C(=O)Nc1cc(Cl)ccc1-n1cncn1. The van der Waals surface area contributed by atoms with Crippen LogP contribution in [0.15, 0.2) is 30.9 Å². The molecular weight excluding hydrogens is 278 g/mol. The van der Waals surface area contributed by atoms with E-state index in [1.165, 1.54) is 6.33 Å². The summed E-state index contributed by atoms with van der Waals surface area (Å²) in [6, 6.07) is 4.61. The van der Waals surface area contributed by atoms with Crippen LogP contribution in [0.4, 0.5) is 5.69 Å². The van der Waals surface area contributed by atoms with E-state index >= 15 is 0 Å². The Balaban J connectivity index is 2.26. The molecule has 0 saturated heterocycles. The summed E-state index contributed by atoms with van der Waals surface area (Å²) in [7, 11) is 0. The lowest BCUT2D eigenvalue weighted by molar-refractivity contribution is -0.117. The summed E-state index contributed by atoms with van der Waals surface area (Å²) in [4.78, 5) is 15.9. The average Bonchev–Trinajstić information content (AvgIpc) is 2.93. The molecule has 2 rings (SSSR count). The molecule has 0 aliphatic carbocycles. The van der Waals surface area contributed by atoms with Crippen LogP contribution >= 0.6 is 11.6 Å². The maximum absolute atomic E-state index is 12.0. The first-order valence-corrected chi connectivity index (χ1v) is 6.70. The van der Waals surface area contributed by atoms with Crippen LogP contribution < -0.4 is 11.1 Å². The summed E-state index contributed by atoms with van der Waals surface area (Å²) in [5, 5.41) is 7.35. The van der Waals surface area contributed by atoms with Gasteiger partial charge in [-0.15, -0.1) is 0 Å². The lowest BCUT2D eigenvalue weighted by Gasteiger charge is -2.14. The number of nitrogens with zero attached hydrogens (tertiary/aromatic N) is 3. The van der Waals surface area contributed by atoms with Crippen molar-refractivity contribution in [3.05, 3.63) is 35.9 Å². The lowest BCUT2D eigenvalue weighted by atomic mass is 10.1. The molecule has 3 N–H and O–H groups in total. The molecule has 0 fully saturated rings. The number of rotatable bonds is 5. The van der Waals surface area contributed by atoms with Crippen LogP contribution in [0.25, 0.3) is 5.69 Å². The number of hydrogen-bond acceptors (Lipinski definition) is 4. The zero-order chi connectivity index (χ0) is 14.5. The largest absolute Gasteiger partial charge is 0.323 e. The number of amides is 1. The molecule has 0 aliphatic heterocycles. The fraction of sp³-hybridized carbons (Fsp3) is 0.308. The van der Waals surface area contributed by atoms with Crippen molar-refractivity contribution in [2.45, 2.75) is 25.8 Å². The number of halogens is 1. The van der Waals surface area contributed by atoms with E-state index in [-0.39, 0.29) is 5.91 Å². The minimum atomic E-state index is -0.539. The molecule has 1 atom stereocenters. The van der Waals surface area contributed by atoms with Gasteiger partial charge in [0.15, 0.2) is 0 Å². The molecule has 1 aromatic carbocycles. The fourth-order valence-electron chi connectivity index (χ4n) is 1.81. The molecule has 7 heteroatoms. The van der Waals surface area contributed by atoms with Crippen molar-refractivity contribution in [2.24, 2.45) is 5.73 Å². The van der Waals surface area contributed by atoms with Gasteiger partial charge in [-0.2, -0.15) is 5.10 Å². The van der Waals surface area contributed by atoms with Crippen molar-refractivity contribution in [1.82, 2.24) is 14.8 Å². The predicted molar refractivity (Wildman–Crippen MR) is 77.9 cm³/mol. The Hall–Kier alpha value is -1.92. The van der Waals surface area contributed by atoms with Gasteiger partial charge in [-0.1, -0.05) is 24.9 Å². The first kappa shape index (κ1) is 14.5.